The van der Waals surface area contributed by atoms with Crippen molar-refractivity contribution in [2.75, 3.05) is 37.6 Å². The maximum Gasteiger partial charge on any atom is 0.294 e. The molecule has 0 aromatic heterocycles. The molecule has 2 saturated heterocycles. The lowest BCUT2D eigenvalue weighted by Crippen LogP contribution is -2.51. The van der Waals surface area contributed by atoms with E-state index in [9.17, 15) is 14.4 Å². The molecular weight excluding hydrogens is 386 g/mol. The normalized spacial score (nSPS) is 18.6. The number of para-hydroxylation sites is 1. The largest absolute Gasteiger partial charge is 0.368 e. The summed E-state index contributed by atoms with van der Waals surface area (Å²) in [6.45, 7) is 2.40. The number of amides is 3. The third-order valence-electron chi connectivity index (χ3n) is 5.02. The zero-order valence-electron chi connectivity index (χ0n) is 15.9. The van der Waals surface area contributed by atoms with E-state index in [0.29, 0.717) is 18.0 Å². The van der Waals surface area contributed by atoms with Gasteiger partial charge < -0.3 is 9.80 Å². The fourth-order valence-electron chi connectivity index (χ4n) is 3.43. The summed E-state index contributed by atoms with van der Waals surface area (Å²) in [5.41, 5.74) is 1.98. The molecular formula is C22H21N3O3S. The second-order valence-corrected chi connectivity index (χ2v) is 7.88. The van der Waals surface area contributed by atoms with Gasteiger partial charge in [0.15, 0.2) is 0 Å². The minimum Gasteiger partial charge on any atom is -0.368 e. The highest BCUT2D eigenvalue weighted by Gasteiger charge is 2.37. The van der Waals surface area contributed by atoms with E-state index in [-0.39, 0.29) is 12.5 Å². The van der Waals surface area contributed by atoms with Crippen LogP contribution >= 0.6 is 11.8 Å². The Morgan fingerprint density at radius 3 is 2.17 bits per heavy atom. The van der Waals surface area contributed by atoms with Gasteiger partial charge in [0, 0.05) is 31.9 Å². The highest BCUT2D eigenvalue weighted by atomic mass is 32.2. The molecule has 2 aliphatic heterocycles. The quantitative estimate of drug-likeness (QED) is 0.729. The summed E-state index contributed by atoms with van der Waals surface area (Å²) in [7, 11) is 0. The Balaban J connectivity index is 1.36. The van der Waals surface area contributed by atoms with Gasteiger partial charge in [-0.15, -0.1) is 0 Å². The third-order valence-corrected chi connectivity index (χ3v) is 5.93. The predicted octanol–water partition coefficient (Wildman–Crippen LogP) is 3.07. The van der Waals surface area contributed by atoms with Crippen LogP contribution in [-0.2, 0) is 9.59 Å². The maximum atomic E-state index is 12.7. The molecule has 0 saturated carbocycles. The van der Waals surface area contributed by atoms with E-state index in [4.69, 9.17) is 0 Å². The molecule has 0 spiro atoms. The van der Waals surface area contributed by atoms with Crippen molar-refractivity contribution in [1.82, 2.24) is 9.80 Å². The molecule has 2 aromatic carbocycles. The van der Waals surface area contributed by atoms with E-state index in [1.807, 2.05) is 48.5 Å². The van der Waals surface area contributed by atoms with Crippen LogP contribution in [0.25, 0.3) is 6.08 Å². The monoisotopic (exact) mass is 407 g/mol. The zero-order valence-corrected chi connectivity index (χ0v) is 16.7. The minimum absolute atomic E-state index is 0.194. The van der Waals surface area contributed by atoms with Crippen molar-refractivity contribution in [3.05, 3.63) is 71.1 Å². The van der Waals surface area contributed by atoms with Gasteiger partial charge in [-0.3, -0.25) is 19.3 Å². The lowest BCUT2D eigenvalue weighted by molar-refractivity contribution is -0.136. The van der Waals surface area contributed by atoms with E-state index in [1.54, 1.807) is 11.0 Å². The van der Waals surface area contributed by atoms with E-state index in [1.165, 1.54) is 0 Å². The van der Waals surface area contributed by atoms with Gasteiger partial charge in [-0.05, 0) is 35.5 Å². The van der Waals surface area contributed by atoms with Crippen molar-refractivity contribution in [3.63, 3.8) is 0 Å². The van der Waals surface area contributed by atoms with Gasteiger partial charge >= 0.3 is 0 Å². The molecule has 0 aliphatic carbocycles. The molecule has 6 nitrogen and oxygen atoms in total. The second-order valence-electron chi connectivity index (χ2n) is 6.88. The summed E-state index contributed by atoms with van der Waals surface area (Å²) in [6.07, 6.45) is 1.69. The Morgan fingerprint density at radius 1 is 0.897 bits per heavy atom. The molecule has 2 fully saturated rings. The molecule has 4 rings (SSSR count). The summed E-state index contributed by atoms with van der Waals surface area (Å²) in [5, 5.41) is -0.395. The van der Waals surface area contributed by atoms with Gasteiger partial charge in [0.2, 0.25) is 5.91 Å². The van der Waals surface area contributed by atoms with E-state index >= 15 is 0 Å². The molecule has 0 bridgehead atoms. The van der Waals surface area contributed by atoms with Crippen LogP contribution in [0.3, 0.4) is 0 Å². The number of carbonyl (C=O) groups is 3. The number of imide groups is 1. The molecule has 0 N–H and O–H groups in total. The maximum absolute atomic E-state index is 12.7. The highest BCUT2D eigenvalue weighted by Crippen LogP contribution is 2.32. The molecule has 2 aromatic rings. The predicted molar refractivity (Wildman–Crippen MR) is 114 cm³/mol. The van der Waals surface area contributed by atoms with Crippen molar-refractivity contribution >= 4 is 40.6 Å². The summed E-state index contributed by atoms with van der Waals surface area (Å²) in [6, 6.07) is 19.4. The minimum atomic E-state index is -0.403. The van der Waals surface area contributed by atoms with Crippen LogP contribution < -0.4 is 4.90 Å². The molecule has 2 heterocycles. The molecule has 0 atom stereocenters. The summed E-state index contributed by atoms with van der Waals surface area (Å²) >= 11 is 0.883. The average Bonchev–Trinajstić information content (AvgIpc) is 3.02. The summed E-state index contributed by atoms with van der Waals surface area (Å²) in [4.78, 5) is 42.9. The van der Waals surface area contributed by atoms with Gasteiger partial charge in [-0.2, -0.15) is 0 Å². The molecule has 29 heavy (non-hydrogen) atoms. The van der Waals surface area contributed by atoms with E-state index in [2.05, 4.69) is 17.0 Å². The highest BCUT2D eigenvalue weighted by molar-refractivity contribution is 8.18. The first-order chi connectivity index (χ1) is 14.1. The Bertz CT molecular complexity index is 938. The molecule has 2 aliphatic rings. The SMILES string of the molecule is O=C(CN1C(=O)SC(=Cc2ccccc2)C1=O)N1CCN(c2ccccc2)CC1. The van der Waals surface area contributed by atoms with Crippen LogP contribution in [-0.4, -0.2) is 59.6 Å². The van der Waals surface area contributed by atoms with Crippen LogP contribution in [0.4, 0.5) is 10.5 Å². The number of nitrogens with zero attached hydrogens (tertiary/aromatic N) is 3. The standard InChI is InChI=1S/C22H21N3O3S/c26-20(24-13-11-23(12-14-24)18-9-5-2-6-10-18)16-25-21(27)19(29-22(25)28)15-17-7-3-1-4-8-17/h1-10,15H,11-14,16H2. The Hall–Kier alpha value is -3.06. The molecule has 0 unspecified atom stereocenters. The fourth-order valence-corrected chi connectivity index (χ4v) is 4.26. The van der Waals surface area contributed by atoms with Crippen LogP contribution in [0.5, 0.6) is 0 Å². The zero-order chi connectivity index (χ0) is 20.2. The number of thioether (sulfide) groups is 1. The van der Waals surface area contributed by atoms with Crippen LogP contribution in [0.1, 0.15) is 5.56 Å². The topological polar surface area (TPSA) is 60.9 Å². The van der Waals surface area contributed by atoms with Crippen LogP contribution in [0.2, 0.25) is 0 Å². The summed E-state index contributed by atoms with van der Waals surface area (Å²) < 4.78 is 0. The second kappa shape index (κ2) is 8.53. The average molecular weight is 407 g/mol. The first kappa shape index (κ1) is 19.3. The van der Waals surface area contributed by atoms with Crippen molar-refractivity contribution in [3.8, 4) is 0 Å². The Kier molecular flexibility index (Phi) is 5.67. The molecule has 0 radical (unpaired) electrons. The molecule has 7 heteroatoms. The van der Waals surface area contributed by atoms with Crippen molar-refractivity contribution in [2.45, 2.75) is 0 Å². The molecule has 3 amide bonds. The van der Waals surface area contributed by atoms with Crippen molar-refractivity contribution < 1.29 is 14.4 Å². The van der Waals surface area contributed by atoms with Crippen molar-refractivity contribution in [2.24, 2.45) is 0 Å². The number of piperazine rings is 1. The van der Waals surface area contributed by atoms with Crippen LogP contribution in [0, 0.1) is 0 Å². The molecule has 148 valence electrons. The van der Waals surface area contributed by atoms with Gasteiger partial charge in [-0.1, -0.05) is 48.5 Å². The van der Waals surface area contributed by atoms with Gasteiger partial charge in [0.1, 0.15) is 6.54 Å². The number of anilines is 1. The Labute approximate surface area is 173 Å². The number of benzene rings is 2. The van der Waals surface area contributed by atoms with Gasteiger partial charge in [0.25, 0.3) is 11.1 Å². The fraction of sp³-hybridized carbons (Fsp3) is 0.227. The summed E-state index contributed by atoms with van der Waals surface area (Å²) in [5.74, 6) is -0.596. The first-order valence-corrected chi connectivity index (χ1v) is 10.3. The first-order valence-electron chi connectivity index (χ1n) is 9.50. The number of hydrogen-bond donors (Lipinski definition) is 0. The van der Waals surface area contributed by atoms with Gasteiger partial charge in [-0.25, -0.2) is 0 Å². The smallest absolute Gasteiger partial charge is 0.294 e. The van der Waals surface area contributed by atoms with Crippen LogP contribution in [0.15, 0.2) is 65.6 Å². The van der Waals surface area contributed by atoms with Gasteiger partial charge in [0.05, 0.1) is 4.91 Å². The van der Waals surface area contributed by atoms with E-state index in [0.717, 1.165) is 41.0 Å². The lowest BCUT2D eigenvalue weighted by Gasteiger charge is -2.36. The third kappa shape index (κ3) is 4.35. The van der Waals surface area contributed by atoms with E-state index < -0.39 is 11.1 Å². The Morgan fingerprint density at radius 2 is 1.52 bits per heavy atom. The number of rotatable bonds is 4. The number of hydrogen-bond acceptors (Lipinski definition) is 5. The van der Waals surface area contributed by atoms with Crippen molar-refractivity contribution in [1.29, 1.82) is 0 Å². The lowest BCUT2D eigenvalue weighted by atomic mass is 10.2. The number of carbonyl (C=O) groups excluding carboxylic acids is 3.